The van der Waals surface area contributed by atoms with E-state index in [4.69, 9.17) is 14.2 Å². The van der Waals surface area contributed by atoms with Gasteiger partial charge in [0.25, 0.3) is 5.91 Å². The van der Waals surface area contributed by atoms with Gasteiger partial charge < -0.3 is 14.2 Å². The lowest BCUT2D eigenvalue weighted by molar-refractivity contribution is -0.112. The molecule has 9 heteroatoms. The van der Waals surface area contributed by atoms with Gasteiger partial charge in [-0.1, -0.05) is 50.3 Å². The molecule has 0 unspecified atom stereocenters. The Hall–Kier alpha value is -3.90. The minimum atomic E-state index is -0.548. The number of carbonyl (C=O) groups is 1. The first-order chi connectivity index (χ1) is 17.8. The zero-order valence-electron chi connectivity index (χ0n) is 21.8. The standard InChI is InChI=1S/C28H32N4O4S/c1-6-26-31-32-28(37-26)30-27(33)21(17-29)15-20-9-11-23(25(16-20)34-7-2)35-12-13-36-24-14-19(5)8-10-22(24)18(3)4/h8-11,14-16,18H,6-7,12-13H2,1-5H3,(H,30,32,33)/b21-15-. The molecule has 0 aliphatic heterocycles. The van der Waals surface area contributed by atoms with Crippen LogP contribution in [-0.4, -0.2) is 35.9 Å². The lowest BCUT2D eigenvalue weighted by Gasteiger charge is -2.16. The minimum absolute atomic E-state index is 0.0584. The SMILES string of the molecule is CCOc1cc(/C=C(/C#N)C(=O)Nc2nnc(CC)s2)ccc1OCCOc1cc(C)ccc1C(C)C. The molecule has 0 radical (unpaired) electrons. The number of hydrogen-bond donors (Lipinski definition) is 1. The molecule has 3 aromatic rings. The molecule has 3 rings (SSSR count). The molecule has 8 nitrogen and oxygen atoms in total. The predicted octanol–water partition coefficient (Wildman–Crippen LogP) is 5.93. The van der Waals surface area contributed by atoms with E-state index < -0.39 is 5.91 Å². The second-order valence-corrected chi connectivity index (χ2v) is 9.57. The molecule has 37 heavy (non-hydrogen) atoms. The Morgan fingerprint density at radius 3 is 2.46 bits per heavy atom. The van der Waals surface area contributed by atoms with Gasteiger partial charge in [0.15, 0.2) is 11.5 Å². The Bertz CT molecular complexity index is 1290. The molecule has 0 fully saturated rings. The van der Waals surface area contributed by atoms with Crippen LogP contribution in [0.1, 0.15) is 55.3 Å². The molecular weight excluding hydrogens is 488 g/mol. The normalized spacial score (nSPS) is 11.2. The number of benzene rings is 2. The number of aromatic nitrogens is 2. The number of ether oxygens (including phenoxy) is 3. The van der Waals surface area contributed by atoms with Crippen LogP contribution in [0.2, 0.25) is 0 Å². The quantitative estimate of drug-likeness (QED) is 0.179. The number of anilines is 1. The van der Waals surface area contributed by atoms with Crippen molar-refractivity contribution in [2.75, 3.05) is 25.1 Å². The maximum atomic E-state index is 12.6. The highest BCUT2D eigenvalue weighted by Gasteiger charge is 2.14. The lowest BCUT2D eigenvalue weighted by atomic mass is 10.0. The van der Waals surface area contributed by atoms with Gasteiger partial charge in [0.1, 0.15) is 35.6 Å². The average molecular weight is 521 g/mol. The summed E-state index contributed by atoms with van der Waals surface area (Å²) >= 11 is 1.28. The highest BCUT2D eigenvalue weighted by molar-refractivity contribution is 7.15. The minimum Gasteiger partial charge on any atom is -0.490 e. The molecule has 194 valence electrons. The summed E-state index contributed by atoms with van der Waals surface area (Å²) in [6, 6.07) is 13.4. The first kappa shape index (κ1) is 27.7. The van der Waals surface area contributed by atoms with Crippen molar-refractivity contribution in [3.8, 4) is 23.3 Å². The van der Waals surface area contributed by atoms with Gasteiger partial charge in [-0.15, -0.1) is 10.2 Å². The Balaban J connectivity index is 1.67. The van der Waals surface area contributed by atoms with Crippen LogP contribution in [0.5, 0.6) is 17.2 Å². The van der Waals surface area contributed by atoms with E-state index in [0.29, 0.717) is 47.9 Å². The number of nitrogens with zero attached hydrogens (tertiary/aromatic N) is 3. The Kier molecular flexibility index (Phi) is 10.0. The summed E-state index contributed by atoms with van der Waals surface area (Å²) in [6.45, 7) is 11.3. The van der Waals surface area contributed by atoms with E-state index in [9.17, 15) is 10.1 Å². The van der Waals surface area contributed by atoms with Crippen LogP contribution in [0.15, 0.2) is 42.0 Å². The second kappa shape index (κ2) is 13.4. The monoisotopic (exact) mass is 520 g/mol. The van der Waals surface area contributed by atoms with Crippen molar-refractivity contribution in [2.24, 2.45) is 0 Å². The zero-order valence-corrected chi connectivity index (χ0v) is 22.6. The van der Waals surface area contributed by atoms with Crippen molar-refractivity contribution in [2.45, 2.75) is 47.0 Å². The molecule has 1 amide bonds. The van der Waals surface area contributed by atoms with Gasteiger partial charge in [-0.3, -0.25) is 10.1 Å². The van der Waals surface area contributed by atoms with Gasteiger partial charge in [0.2, 0.25) is 5.13 Å². The van der Waals surface area contributed by atoms with Gasteiger partial charge in [0.05, 0.1) is 6.61 Å². The van der Waals surface area contributed by atoms with Gasteiger partial charge >= 0.3 is 0 Å². The van der Waals surface area contributed by atoms with Crippen LogP contribution >= 0.6 is 11.3 Å². The number of aryl methyl sites for hydroxylation is 2. The van der Waals surface area contributed by atoms with Crippen LogP contribution in [0.3, 0.4) is 0 Å². The third-order valence-electron chi connectivity index (χ3n) is 5.32. The van der Waals surface area contributed by atoms with Crippen molar-refractivity contribution in [3.63, 3.8) is 0 Å². The molecule has 2 aromatic carbocycles. The number of carbonyl (C=O) groups excluding carboxylic acids is 1. The highest BCUT2D eigenvalue weighted by atomic mass is 32.1. The fourth-order valence-corrected chi connectivity index (χ4v) is 4.15. The van der Waals surface area contributed by atoms with Gasteiger partial charge in [0, 0.05) is 0 Å². The molecule has 0 spiro atoms. The third-order valence-corrected chi connectivity index (χ3v) is 6.31. The Morgan fingerprint density at radius 1 is 1.05 bits per heavy atom. The fourth-order valence-electron chi connectivity index (χ4n) is 3.48. The first-order valence-corrected chi connectivity index (χ1v) is 13.0. The summed E-state index contributed by atoms with van der Waals surface area (Å²) in [5.41, 5.74) is 2.87. The molecule has 0 atom stereocenters. The van der Waals surface area contributed by atoms with Crippen molar-refractivity contribution >= 4 is 28.5 Å². The van der Waals surface area contributed by atoms with E-state index >= 15 is 0 Å². The molecule has 1 N–H and O–H groups in total. The zero-order chi connectivity index (χ0) is 26.8. The van der Waals surface area contributed by atoms with Gasteiger partial charge in [-0.25, -0.2) is 0 Å². The molecule has 0 saturated carbocycles. The van der Waals surface area contributed by atoms with E-state index in [1.54, 1.807) is 18.2 Å². The topological polar surface area (TPSA) is 106 Å². The summed E-state index contributed by atoms with van der Waals surface area (Å²) < 4.78 is 17.7. The summed E-state index contributed by atoms with van der Waals surface area (Å²) in [5.74, 6) is 1.75. The molecular formula is C28H32N4O4S. The van der Waals surface area contributed by atoms with E-state index in [0.717, 1.165) is 28.3 Å². The van der Waals surface area contributed by atoms with E-state index in [-0.39, 0.29) is 5.57 Å². The van der Waals surface area contributed by atoms with Crippen LogP contribution < -0.4 is 19.5 Å². The molecule has 0 bridgehead atoms. The van der Waals surface area contributed by atoms with E-state index in [1.807, 2.05) is 32.9 Å². The van der Waals surface area contributed by atoms with Gasteiger partial charge in [-0.05, 0) is 67.2 Å². The number of amides is 1. The molecule has 1 heterocycles. The molecule has 1 aromatic heterocycles. The summed E-state index contributed by atoms with van der Waals surface area (Å²) in [7, 11) is 0. The van der Waals surface area contributed by atoms with Crippen molar-refractivity contribution in [3.05, 3.63) is 63.7 Å². The van der Waals surface area contributed by atoms with Crippen molar-refractivity contribution in [1.82, 2.24) is 10.2 Å². The summed E-state index contributed by atoms with van der Waals surface area (Å²) in [6.07, 6.45) is 2.22. The maximum Gasteiger partial charge on any atom is 0.268 e. The van der Waals surface area contributed by atoms with E-state index in [2.05, 4.69) is 41.5 Å². The van der Waals surface area contributed by atoms with Crippen LogP contribution in [0, 0.1) is 18.3 Å². The molecule has 0 saturated heterocycles. The number of hydrogen-bond acceptors (Lipinski definition) is 8. The maximum absolute atomic E-state index is 12.6. The average Bonchev–Trinajstić information content (AvgIpc) is 3.33. The lowest BCUT2D eigenvalue weighted by Crippen LogP contribution is -2.13. The summed E-state index contributed by atoms with van der Waals surface area (Å²) in [4.78, 5) is 12.6. The van der Waals surface area contributed by atoms with Crippen LogP contribution in [-0.2, 0) is 11.2 Å². The first-order valence-electron chi connectivity index (χ1n) is 12.2. The smallest absolute Gasteiger partial charge is 0.268 e. The Labute approximate surface area is 221 Å². The number of nitrogens with one attached hydrogen (secondary N) is 1. The van der Waals surface area contributed by atoms with Crippen LogP contribution in [0.4, 0.5) is 5.13 Å². The molecule has 0 aliphatic rings. The number of rotatable bonds is 12. The third kappa shape index (κ3) is 7.79. The largest absolute Gasteiger partial charge is 0.490 e. The van der Waals surface area contributed by atoms with Crippen molar-refractivity contribution in [1.29, 1.82) is 5.26 Å². The highest BCUT2D eigenvalue weighted by Crippen LogP contribution is 2.30. The van der Waals surface area contributed by atoms with Crippen molar-refractivity contribution < 1.29 is 19.0 Å². The predicted molar refractivity (Wildman–Crippen MR) is 145 cm³/mol. The molecule has 0 aliphatic carbocycles. The van der Waals surface area contributed by atoms with E-state index in [1.165, 1.54) is 17.4 Å². The Morgan fingerprint density at radius 2 is 1.81 bits per heavy atom. The number of nitriles is 1. The van der Waals surface area contributed by atoms with Crippen LogP contribution in [0.25, 0.3) is 6.08 Å². The second-order valence-electron chi connectivity index (χ2n) is 8.51. The van der Waals surface area contributed by atoms with Gasteiger partial charge in [-0.2, -0.15) is 5.26 Å². The summed E-state index contributed by atoms with van der Waals surface area (Å²) in [5, 5.41) is 21.2. The fraction of sp³-hybridized carbons (Fsp3) is 0.357.